The third-order valence-corrected chi connectivity index (χ3v) is 1.86. The molecule has 0 saturated carbocycles. The molecule has 0 aliphatic heterocycles. The van der Waals surface area contributed by atoms with E-state index in [1.165, 1.54) is 22.2 Å². The van der Waals surface area contributed by atoms with Crippen molar-refractivity contribution in [3.05, 3.63) is 29.7 Å². The molecule has 0 radical (unpaired) electrons. The van der Waals surface area contributed by atoms with Gasteiger partial charge in [-0.1, -0.05) is 0 Å². The van der Waals surface area contributed by atoms with Crippen LogP contribution in [-0.4, -0.2) is 9.97 Å². The van der Waals surface area contributed by atoms with E-state index in [2.05, 4.69) is 29.9 Å². The summed E-state index contributed by atoms with van der Waals surface area (Å²) in [7, 11) is 0. The van der Waals surface area contributed by atoms with Crippen LogP contribution in [0.15, 0.2) is 18.5 Å². The maximum atomic E-state index is 4.11. The van der Waals surface area contributed by atoms with Gasteiger partial charge in [0, 0.05) is 23.5 Å². The second-order valence-corrected chi connectivity index (χ2v) is 2.87. The second kappa shape index (κ2) is 2.09. The first-order chi connectivity index (χ1) is 5.27. The lowest BCUT2D eigenvalue weighted by atomic mass is 10.2. The Morgan fingerprint density at radius 3 is 2.82 bits per heavy atom. The lowest BCUT2D eigenvalue weighted by Crippen LogP contribution is -1.77. The van der Waals surface area contributed by atoms with Crippen molar-refractivity contribution >= 4 is 10.9 Å². The van der Waals surface area contributed by atoms with Crippen LogP contribution in [0.5, 0.6) is 0 Å². The standard InChI is InChI=1S/C9H10N2/c1-6-4-10-5-8-3-7(2)11-9(6)8/h3-5,11H,1-2H3. The van der Waals surface area contributed by atoms with E-state index in [1.54, 1.807) is 0 Å². The van der Waals surface area contributed by atoms with Crippen molar-refractivity contribution in [1.29, 1.82) is 0 Å². The Hall–Kier alpha value is -1.31. The molecule has 0 unspecified atom stereocenters. The lowest BCUT2D eigenvalue weighted by molar-refractivity contribution is 1.26. The van der Waals surface area contributed by atoms with Gasteiger partial charge in [0.1, 0.15) is 0 Å². The fraction of sp³-hybridized carbons (Fsp3) is 0.222. The summed E-state index contributed by atoms with van der Waals surface area (Å²) in [5.41, 5.74) is 3.60. The van der Waals surface area contributed by atoms with E-state index in [1.807, 2.05) is 12.4 Å². The molecule has 0 fully saturated rings. The van der Waals surface area contributed by atoms with Gasteiger partial charge in [0.15, 0.2) is 0 Å². The molecule has 0 aromatic carbocycles. The lowest BCUT2D eigenvalue weighted by Gasteiger charge is -1.91. The minimum atomic E-state index is 1.19. The molecule has 0 amide bonds. The number of aromatic nitrogens is 2. The summed E-state index contributed by atoms with van der Waals surface area (Å²) in [6.45, 7) is 4.12. The average Bonchev–Trinajstić information content (AvgIpc) is 2.31. The molecule has 11 heavy (non-hydrogen) atoms. The van der Waals surface area contributed by atoms with Crippen molar-refractivity contribution in [2.75, 3.05) is 0 Å². The molecular formula is C9H10N2. The number of nitrogens with zero attached hydrogens (tertiary/aromatic N) is 1. The summed E-state index contributed by atoms with van der Waals surface area (Å²) in [6, 6.07) is 2.11. The highest BCUT2D eigenvalue weighted by atomic mass is 14.7. The first-order valence-corrected chi connectivity index (χ1v) is 3.67. The Morgan fingerprint density at radius 1 is 1.27 bits per heavy atom. The highest BCUT2D eigenvalue weighted by Gasteiger charge is 1.98. The first-order valence-electron chi connectivity index (χ1n) is 3.67. The Bertz CT molecular complexity index is 387. The van der Waals surface area contributed by atoms with Gasteiger partial charge in [-0.15, -0.1) is 0 Å². The second-order valence-electron chi connectivity index (χ2n) is 2.87. The number of rotatable bonds is 0. The van der Waals surface area contributed by atoms with E-state index < -0.39 is 0 Å². The Kier molecular flexibility index (Phi) is 1.22. The molecule has 0 aliphatic rings. The van der Waals surface area contributed by atoms with Crippen LogP contribution in [0.2, 0.25) is 0 Å². The van der Waals surface area contributed by atoms with Crippen LogP contribution in [0, 0.1) is 13.8 Å². The SMILES string of the molecule is Cc1cc2cncc(C)c2[nH]1. The van der Waals surface area contributed by atoms with Crippen LogP contribution in [0.25, 0.3) is 10.9 Å². The predicted octanol–water partition coefficient (Wildman–Crippen LogP) is 2.18. The van der Waals surface area contributed by atoms with Gasteiger partial charge in [0.25, 0.3) is 0 Å². The molecule has 2 nitrogen and oxygen atoms in total. The molecule has 2 rings (SSSR count). The van der Waals surface area contributed by atoms with E-state index in [-0.39, 0.29) is 0 Å². The minimum absolute atomic E-state index is 1.19. The number of nitrogens with one attached hydrogen (secondary N) is 1. The van der Waals surface area contributed by atoms with Crippen molar-refractivity contribution in [3.63, 3.8) is 0 Å². The molecule has 0 aliphatic carbocycles. The average molecular weight is 146 g/mol. The normalized spacial score (nSPS) is 10.7. The van der Waals surface area contributed by atoms with Crippen molar-refractivity contribution in [1.82, 2.24) is 9.97 Å². The fourth-order valence-electron chi connectivity index (χ4n) is 1.33. The molecule has 2 aromatic rings. The molecule has 2 heteroatoms. The smallest absolute Gasteiger partial charge is 0.0516 e. The Labute approximate surface area is 65.3 Å². The Morgan fingerprint density at radius 2 is 2.09 bits per heavy atom. The number of pyridine rings is 1. The summed E-state index contributed by atoms with van der Waals surface area (Å²) in [4.78, 5) is 7.39. The highest BCUT2D eigenvalue weighted by Crippen LogP contribution is 2.16. The van der Waals surface area contributed by atoms with E-state index in [0.717, 1.165) is 0 Å². The minimum Gasteiger partial charge on any atom is -0.358 e. The molecule has 0 saturated heterocycles. The van der Waals surface area contributed by atoms with Gasteiger partial charge in [-0.3, -0.25) is 4.98 Å². The van der Waals surface area contributed by atoms with Crippen LogP contribution in [-0.2, 0) is 0 Å². The number of aryl methyl sites for hydroxylation is 2. The Balaban J connectivity index is 2.90. The number of H-pyrrole nitrogens is 1. The summed E-state index contributed by atoms with van der Waals surface area (Å²) < 4.78 is 0. The first kappa shape index (κ1) is 6.40. The van der Waals surface area contributed by atoms with Crippen molar-refractivity contribution in [2.24, 2.45) is 0 Å². The van der Waals surface area contributed by atoms with Gasteiger partial charge < -0.3 is 4.98 Å². The van der Waals surface area contributed by atoms with Crippen LogP contribution < -0.4 is 0 Å². The number of hydrogen-bond donors (Lipinski definition) is 1. The molecular weight excluding hydrogens is 136 g/mol. The summed E-state index contributed by atoms with van der Waals surface area (Å²) in [6.07, 6.45) is 3.75. The summed E-state index contributed by atoms with van der Waals surface area (Å²) in [5.74, 6) is 0. The highest BCUT2D eigenvalue weighted by molar-refractivity contribution is 5.82. The summed E-state index contributed by atoms with van der Waals surface area (Å²) >= 11 is 0. The third kappa shape index (κ3) is 0.909. The molecule has 0 spiro atoms. The molecule has 1 N–H and O–H groups in total. The topological polar surface area (TPSA) is 28.7 Å². The number of hydrogen-bond acceptors (Lipinski definition) is 1. The largest absolute Gasteiger partial charge is 0.358 e. The maximum Gasteiger partial charge on any atom is 0.0516 e. The predicted molar refractivity (Wildman–Crippen MR) is 45.6 cm³/mol. The third-order valence-electron chi connectivity index (χ3n) is 1.86. The van der Waals surface area contributed by atoms with Gasteiger partial charge in [0.05, 0.1) is 5.52 Å². The zero-order valence-corrected chi connectivity index (χ0v) is 6.68. The van der Waals surface area contributed by atoms with E-state index in [0.29, 0.717) is 0 Å². The summed E-state index contributed by atoms with van der Waals surface area (Å²) in [5, 5.41) is 1.20. The van der Waals surface area contributed by atoms with Crippen LogP contribution >= 0.6 is 0 Å². The van der Waals surface area contributed by atoms with Gasteiger partial charge >= 0.3 is 0 Å². The zero-order valence-electron chi connectivity index (χ0n) is 6.68. The zero-order chi connectivity index (χ0) is 7.84. The van der Waals surface area contributed by atoms with Crippen LogP contribution in [0.1, 0.15) is 11.3 Å². The van der Waals surface area contributed by atoms with Crippen LogP contribution in [0.4, 0.5) is 0 Å². The monoisotopic (exact) mass is 146 g/mol. The molecule has 0 atom stereocenters. The van der Waals surface area contributed by atoms with Crippen molar-refractivity contribution in [3.8, 4) is 0 Å². The molecule has 0 bridgehead atoms. The molecule has 2 heterocycles. The van der Waals surface area contributed by atoms with Crippen molar-refractivity contribution < 1.29 is 0 Å². The maximum absolute atomic E-state index is 4.11. The van der Waals surface area contributed by atoms with Gasteiger partial charge in [-0.05, 0) is 25.5 Å². The molecule has 2 aromatic heterocycles. The van der Waals surface area contributed by atoms with Crippen molar-refractivity contribution in [2.45, 2.75) is 13.8 Å². The number of aromatic amines is 1. The fourth-order valence-corrected chi connectivity index (χ4v) is 1.33. The van der Waals surface area contributed by atoms with E-state index in [4.69, 9.17) is 0 Å². The number of fused-ring (bicyclic) bond motifs is 1. The van der Waals surface area contributed by atoms with E-state index >= 15 is 0 Å². The van der Waals surface area contributed by atoms with E-state index in [9.17, 15) is 0 Å². The molecule has 56 valence electrons. The van der Waals surface area contributed by atoms with Gasteiger partial charge in [-0.25, -0.2) is 0 Å². The van der Waals surface area contributed by atoms with Gasteiger partial charge in [-0.2, -0.15) is 0 Å². The van der Waals surface area contributed by atoms with Gasteiger partial charge in [0.2, 0.25) is 0 Å². The quantitative estimate of drug-likeness (QED) is 0.606. The van der Waals surface area contributed by atoms with Crippen LogP contribution in [0.3, 0.4) is 0 Å².